The summed E-state index contributed by atoms with van der Waals surface area (Å²) in [5, 5.41) is 6.84. The Hall–Kier alpha value is -2.07. The Morgan fingerprint density at radius 2 is 1.96 bits per heavy atom. The molecule has 2 rings (SSSR count). The van der Waals surface area contributed by atoms with Crippen LogP contribution in [0.4, 0.5) is 11.4 Å². The molecule has 0 unspecified atom stereocenters. The van der Waals surface area contributed by atoms with E-state index in [0.717, 1.165) is 41.8 Å². The van der Waals surface area contributed by atoms with Crippen LogP contribution in [0.15, 0.2) is 30.6 Å². The second-order valence-electron chi connectivity index (χ2n) is 5.99. The standard InChI is InChI=1S/C19H24ClN3O/c1-4-5-6-7-22-19(24)15-10-16(12-21-11-15)23-18-14(3)8-13(2)9-17(18)20/h8-12,23H,4-7H2,1-3H3,(H,22,24). The lowest BCUT2D eigenvalue weighted by Crippen LogP contribution is -2.24. The summed E-state index contributed by atoms with van der Waals surface area (Å²) in [6.07, 6.45) is 6.50. The number of benzene rings is 1. The second kappa shape index (κ2) is 8.69. The zero-order chi connectivity index (χ0) is 17.5. The van der Waals surface area contributed by atoms with Crippen molar-refractivity contribution in [2.75, 3.05) is 11.9 Å². The minimum absolute atomic E-state index is 0.103. The first-order chi connectivity index (χ1) is 11.5. The normalized spacial score (nSPS) is 10.5. The van der Waals surface area contributed by atoms with Gasteiger partial charge in [-0.05, 0) is 43.5 Å². The van der Waals surface area contributed by atoms with Crippen LogP contribution in [-0.2, 0) is 0 Å². The minimum atomic E-state index is -0.103. The highest BCUT2D eigenvalue weighted by atomic mass is 35.5. The van der Waals surface area contributed by atoms with E-state index in [-0.39, 0.29) is 5.91 Å². The first-order valence-corrected chi connectivity index (χ1v) is 8.66. The van der Waals surface area contributed by atoms with Gasteiger partial charge in [0.1, 0.15) is 0 Å². The lowest BCUT2D eigenvalue weighted by molar-refractivity contribution is 0.0952. The molecule has 0 saturated carbocycles. The first kappa shape index (κ1) is 18.3. The number of hydrogen-bond donors (Lipinski definition) is 2. The van der Waals surface area contributed by atoms with E-state index < -0.39 is 0 Å². The molecule has 0 aliphatic carbocycles. The molecular weight excluding hydrogens is 322 g/mol. The highest BCUT2D eigenvalue weighted by Gasteiger charge is 2.09. The maximum Gasteiger partial charge on any atom is 0.252 e. The Kier molecular flexibility index (Phi) is 6.62. The van der Waals surface area contributed by atoms with Gasteiger partial charge in [0.05, 0.1) is 28.2 Å². The molecule has 0 aliphatic rings. The summed E-state index contributed by atoms with van der Waals surface area (Å²) >= 11 is 6.32. The van der Waals surface area contributed by atoms with Crippen LogP contribution < -0.4 is 10.6 Å². The maximum atomic E-state index is 12.2. The number of aryl methyl sites for hydroxylation is 2. The Morgan fingerprint density at radius 3 is 2.67 bits per heavy atom. The van der Waals surface area contributed by atoms with Crippen LogP contribution in [0, 0.1) is 13.8 Å². The Balaban J connectivity index is 2.09. The summed E-state index contributed by atoms with van der Waals surface area (Å²) in [5.74, 6) is -0.103. The molecule has 128 valence electrons. The van der Waals surface area contributed by atoms with E-state index in [2.05, 4.69) is 28.6 Å². The van der Waals surface area contributed by atoms with E-state index in [9.17, 15) is 4.79 Å². The molecule has 2 aromatic rings. The zero-order valence-electron chi connectivity index (χ0n) is 14.4. The molecule has 1 amide bonds. The van der Waals surface area contributed by atoms with Crippen molar-refractivity contribution in [2.24, 2.45) is 0 Å². The zero-order valence-corrected chi connectivity index (χ0v) is 15.2. The van der Waals surface area contributed by atoms with Gasteiger partial charge in [-0.2, -0.15) is 0 Å². The Labute approximate surface area is 148 Å². The molecule has 24 heavy (non-hydrogen) atoms. The topological polar surface area (TPSA) is 54.0 Å². The summed E-state index contributed by atoms with van der Waals surface area (Å²) < 4.78 is 0. The van der Waals surface area contributed by atoms with Crippen LogP contribution >= 0.6 is 11.6 Å². The average Bonchev–Trinajstić information content (AvgIpc) is 2.55. The fourth-order valence-corrected chi connectivity index (χ4v) is 2.90. The summed E-state index contributed by atoms with van der Waals surface area (Å²) in [4.78, 5) is 16.3. The molecule has 0 aliphatic heterocycles. The number of amides is 1. The average molecular weight is 346 g/mol. The van der Waals surface area contributed by atoms with Crippen LogP contribution in [0.2, 0.25) is 5.02 Å². The van der Waals surface area contributed by atoms with E-state index in [4.69, 9.17) is 11.6 Å². The third kappa shape index (κ3) is 4.96. The molecule has 0 atom stereocenters. The maximum absolute atomic E-state index is 12.2. The van der Waals surface area contributed by atoms with E-state index in [1.807, 2.05) is 19.9 Å². The molecule has 0 radical (unpaired) electrons. The van der Waals surface area contributed by atoms with Gasteiger partial charge < -0.3 is 10.6 Å². The largest absolute Gasteiger partial charge is 0.353 e. The molecular formula is C19H24ClN3O. The monoisotopic (exact) mass is 345 g/mol. The van der Waals surface area contributed by atoms with Crippen molar-refractivity contribution in [3.05, 3.63) is 52.3 Å². The molecule has 2 N–H and O–H groups in total. The van der Waals surface area contributed by atoms with Crippen molar-refractivity contribution in [3.63, 3.8) is 0 Å². The summed E-state index contributed by atoms with van der Waals surface area (Å²) in [5.41, 5.74) is 4.28. The van der Waals surface area contributed by atoms with Gasteiger partial charge in [-0.1, -0.05) is 37.4 Å². The van der Waals surface area contributed by atoms with E-state index in [0.29, 0.717) is 17.1 Å². The molecule has 4 nitrogen and oxygen atoms in total. The van der Waals surface area contributed by atoms with Crippen molar-refractivity contribution in [1.82, 2.24) is 10.3 Å². The summed E-state index contributed by atoms with van der Waals surface area (Å²) in [6, 6.07) is 5.76. The van der Waals surface area contributed by atoms with Gasteiger partial charge in [0.15, 0.2) is 0 Å². The van der Waals surface area contributed by atoms with Crippen molar-refractivity contribution >= 4 is 28.9 Å². The number of carbonyl (C=O) groups is 1. The van der Waals surface area contributed by atoms with E-state index in [1.54, 1.807) is 18.5 Å². The lowest BCUT2D eigenvalue weighted by Gasteiger charge is -2.13. The molecule has 1 heterocycles. The number of nitrogens with one attached hydrogen (secondary N) is 2. The van der Waals surface area contributed by atoms with Gasteiger partial charge in [-0.25, -0.2) is 0 Å². The Bertz CT molecular complexity index is 693. The minimum Gasteiger partial charge on any atom is -0.353 e. The van der Waals surface area contributed by atoms with Gasteiger partial charge in [0.25, 0.3) is 5.91 Å². The number of halogens is 1. The molecule has 1 aromatic heterocycles. The fourth-order valence-electron chi connectivity index (χ4n) is 2.53. The predicted octanol–water partition coefficient (Wildman–Crippen LogP) is 5.02. The van der Waals surface area contributed by atoms with E-state index in [1.165, 1.54) is 0 Å². The summed E-state index contributed by atoms with van der Waals surface area (Å²) in [7, 11) is 0. The van der Waals surface area contributed by atoms with Crippen LogP contribution in [-0.4, -0.2) is 17.4 Å². The third-order valence-electron chi connectivity index (χ3n) is 3.77. The number of aromatic nitrogens is 1. The van der Waals surface area contributed by atoms with Crippen molar-refractivity contribution in [1.29, 1.82) is 0 Å². The van der Waals surface area contributed by atoms with Gasteiger partial charge in [-0.15, -0.1) is 0 Å². The van der Waals surface area contributed by atoms with Crippen molar-refractivity contribution in [3.8, 4) is 0 Å². The molecule has 1 aromatic carbocycles. The number of carbonyl (C=O) groups excluding carboxylic acids is 1. The lowest BCUT2D eigenvalue weighted by atomic mass is 10.1. The molecule has 0 fully saturated rings. The van der Waals surface area contributed by atoms with Crippen LogP contribution in [0.3, 0.4) is 0 Å². The fraction of sp³-hybridized carbons (Fsp3) is 0.368. The molecule has 5 heteroatoms. The van der Waals surface area contributed by atoms with Gasteiger partial charge >= 0.3 is 0 Å². The van der Waals surface area contributed by atoms with Crippen LogP contribution in [0.5, 0.6) is 0 Å². The van der Waals surface area contributed by atoms with Gasteiger partial charge in [0, 0.05) is 12.7 Å². The Morgan fingerprint density at radius 1 is 1.17 bits per heavy atom. The number of hydrogen-bond acceptors (Lipinski definition) is 3. The second-order valence-corrected chi connectivity index (χ2v) is 6.40. The predicted molar refractivity (Wildman–Crippen MR) is 100 cm³/mol. The van der Waals surface area contributed by atoms with Crippen molar-refractivity contribution < 1.29 is 4.79 Å². The summed E-state index contributed by atoms with van der Waals surface area (Å²) in [6.45, 7) is 6.83. The highest BCUT2D eigenvalue weighted by molar-refractivity contribution is 6.33. The third-order valence-corrected chi connectivity index (χ3v) is 4.07. The van der Waals surface area contributed by atoms with Crippen LogP contribution in [0.1, 0.15) is 47.7 Å². The first-order valence-electron chi connectivity index (χ1n) is 8.28. The van der Waals surface area contributed by atoms with E-state index >= 15 is 0 Å². The molecule has 0 saturated heterocycles. The number of unbranched alkanes of at least 4 members (excludes halogenated alkanes) is 2. The number of nitrogens with zero attached hydrogens (tertiary/aromatic N) is 1. The number of rotatable bonds is 7. The molecule has 0 spiro atoms. The molecule has 0 bridgehead atoms. The smallest absolute Gasteiger partial charge is 0.252 e. The SMILES string of the molecule is CCCCCNC(=O)c1cncc(Nc2c(C)cc(C)cc2Cl)c1. The van der Waals surface area contributed by atoms with Crippen LogP contribution in [0.25, 0.3) is 0 Å². The van der Waals surface area contributed by atoms with Gasteiger partial charge in [0.2, 0.25) is 0 Å². The highest BCUT2D eigenvalue weighted by Crippen LogP contribution is 2.30. The quantitative estimate of drug-likeness (QED) is 0.693. The number of anilines is 2. The number of pyridine rings is 1. The van der Waals surface area contributed by atoms with Crippen molar-refractivity contribution in [2.45, 2.75) is 40.0 Å². The van der Waals surface area contributed by atoms with Gasteiger partial charge in [-0.3, -0.25) is 9.78 Å².